The van der Waals surface area contributed by atoms with Crippen LogP contribution in [-0.4, -0.2) is 28.9 Å². The van der Waals surface area contributed by atoms with E-state index < -0.39 is 0 Å². The van der Waals surface area contributed by atoms with Gasteiger partial charge in [0.2, 0.25) is 11.5 Å². The van der Waals surface area contributed by atoms with Gasteiger partial charge in [0.25, 0.3) is 0 Å². The number of likely N-dealkylation sites (tertiary alicyclic amines) is 1. The molecule has 5 heteroatoms. The number of amides is 1. The Bertz CT molecular complexity index is 708. The second-order valence-corrected chi connectivity index (χ2v) is 5.18. The van der Waals surface area contributed by atoms with Crippen molar-refractivity contribution in [3.63, 3.8) is 0 Å². The molecule has 2 aromatic rings. The lowest BCUT2D eigenvalue weighted by molar-refractivity contribution is -0.131. The molecule has 104 valence electrons. The van der Waals surface area contributed by atoms with Crippen molar-refractivity contribution in [1.29, 1.82) is 0 Å². The van der Waals surface area contributed by atoms with E-state index in [4.69, 9.17) is 5.73 Å². The summed E-state index contributed by atoms with van der Waals surface area (Å²) in [5.74, 6) is 0.0960. The number of pyridine rings is 1. The van der Waals surface area contributed by atoms with Crippen LogP contribution in [-0.2, 0) is 11.3 Å². The lowest BCUT2D eigenvalue weighted by atomic mass is 10.1. The lowest BCUT2D eigenvalue weighted by Gasteiger charge is -2.17. The number of nitrogens with one attached hydrogen (secondary N) is 1. The highest BCUT2D eigenvalue weighted by Gasteiger charge is 2.30. The molecule has 1 aromatic heterocycles. The number of hydrogen-bond donors (Lipinski definition) is 2. The van der Waals surface area contributed by atoms with Gasteiger partial charge in [0, 0.05) is 36.6 Å². The van der Waals surface area contributed by atoms with Crippen LogP contribution in [0.4, 0.5) is 0 Å². The highest BCUT2D eigenvalue weighted by molar-refractivity contribution is 5.84. The number of rotatable bonds is 3. The second-order valence-electron chi connectivity index (χ2n) is 5.18. The molecule has 1 aliphatic heterocycles. The number of aromatic nitrogens is 1. The molecule has 0 aliphatic carbocycles. The predicted molar refractivity (Wildman–Crippen MR) is 77.1 cm³/mol. The summed E-state index contributed by atoms with van der Waals surface area (Å²) in [4.78, 5) is 28.1. The highest BCUT2D eigenvalue weighted by Crippen LogP contribution is 2.22. The maximum atomic E-state index is 12.1. The standard InChI is InChI=1S/C15H17N3O2/c16-8-10-6-7-18(15(10)20)9-11-2-1-3-13-12(11)4-5-14(19)17-13/h1-5,10H,6-9,16H2,(H,17,19)/t10-/m0/s1. The molecule has 1 aliphatic rings. The zero-order valence-electron chi connectivity index (χ0n) is 11.1. The Morgan fingerprint density at radius 3 is 2.85 bits per heavy atom. The third kappa shape index (κ3) is 2.20. The average molecular weight is 271 g/mol. The summed E-state index contributed by atoms with van der Waals surface area (Å²) in [6.07, 6.45) is 0.830. The largest absolute Gasteiger partial charge is 0.338 e. The monoisotopic (exact) mass is 271 g/mol. The predicted octanol–water partition coefficient (Wildman–Crippen LogP) is 0.835. The lowest BCUT2D eigenvalue weighted by Crippen LogP contribution is -2.29. The minimum Gasteiger partial charge on any atom is -0.338 e. The Morgan fingerprint density at radius 2 is 2.10 bits per heavy atom. The first-order chi connectivity index (χ1) is 9.69. The number of carbonyl (C=O) groups excluding carboxylic acids is 1. The first-order valence-electron chi connectivity index (χ1n) is 6.79. The minimum atomic E-state index is -0.116. The van der Waals surface area contributed by atoms with Crippen molar-refractivity contribution in [3.05, 3.63) is 46.2 Å². The van der Waals surface area contributed by atoms with E-state index >= 15 is 0 Å². The molecule has 0 saturated carbocycles. The molecule has 1 atom stereocenters. The Balaban J connectivity index is 1.92. The molecule has 1 amide bonds. The van der Waals surface area contributed by atoms with Gasteiger partial charge >= 0.3 is 0 Å². The summed E-state index contributed by atoms with van der Waals surface area (Å²) < 4.78 is 0. The number of carbonyl (C=O) groups is 1. The van der Waals surface area contributed by atoms with Crippen molar-refractivity contribution >= 4 is 16.8 Å². The summed E-state index contributed by atoms with van der Waals surface area (Å²) in [5, 5.41) is 0.982. The summed E-state index contributed by atoms with van der Waals surface area (Å²) in [6.45, 7) is 1.73. The zero-order valence-corrected chi connectivity index (χ0v) is 11.1. The molecule has 3 N–H and O–H groups in total. The summed E-state index contributed by atoms with van der Waals surface area (Å²) in [6, 6.07) is 9.08. The molecular formula is C15H17N3O2. The molecule has 5 nitrogen and oxygen atoms in total. The van der Waals surface area contributed by atoms with Gasteiger partial charge in [0.1, 0.15) is 0 Å². The van der Waals surface area contributed by atoms with Crippen molar-refractivity contribution < 1.29 is 4.79 Å². The van der Waals surface area contributed by atoms with Crippen LogP contribution in [0.25, 0.3) is 10.9 Å². The number of hydrogen-bond acceptors (Lipinski definition) is 3. The van der Waals surface area contributed by atoms with Crippen molar-refractivity contribution in [2.75, 3.05) is 13.1 Å². The van der Waals surface area contributed by atoms with E-state index in [9.17, 15) is 9.59 Å². The third-order valence-electron chi connectivity index (χ3n) is 3.91. The molecule has 0 spiro atoms. The molecule has 1 saturated heterocycles. The van der Waals surface area contributed by atoms with Crippen LogP contribution in [0.2, 0.25) is 0 Å². The van der Waals surface area contributed by atoms with Crippen LogP contribution in [0.15, 0.2) is 35.1 Å². The Labute approximate surface area is 116 Å². The van der Waals surface area contributed by atoms with Crippen molar-refractivity contribution in [2.24, 2.45) is 11.7 Å². The Morgan fingerprint density at radius 1 is 1.25 bits per heavy atom. The number of H-pyrrole nitrogens is 1. The van der Waals surface area contributed by atoms with Crippen molar-refractivity contribution in [3.8, 4) is 0 Å². The van der Waals surface area contributed by atoms with Crippen LogP contribution < -0.4 is 11.3 Å². The number of fused-ring (bicyclic) bond motifs is 1. The topological polar surface area (TPSA) is 79.2 Å². The second kappa shape index (κ2) is 5.09. The van der Waals surface area contributed by atoms with E-state index in [1.165, 1.54) is 6.07 Å². The molecule has 3 rings (SSSR count). The van der Waals surface area contributed by atoms with Gasteiger partial charge in [-0.15, -0.1) is 0 Å². The maximum absolute atomic E-state index is 12.1. The quantitative estimate of drug-likeness (QED) is 0.868. The minimum absolute atomic E-state index is 0.0372. The van der Waals surface area contributed by atoms with Crippen LogP contribution in [0.3, 0.4) is 0 Å². The van der Waals surface area contributed by atoms with Crippen LogP contribution in [0.5, 0.6) is 0 Å². The fourth-order valence-corrected chi connectivity index (χ4v) is 2.77. The summed E-state index contributed by atoms with van der Waals surface area (Å²) >= 11 is 0. The highest BCUT2D eigenvalue weighted by atomic mass is 16.2. The van der Waals surface area contributed by atoms with E-state index in [2.05, 4.69) is 4.98 Å². The van der Waals surface area contributed by atoms with Gasteiger partial charge in [-0.05, 0) is 24.1 Å². The van der Waals surface area contributed by atoms with Gasteiger partial charge in [-0.2, -0.15) is 0 Å². The van der Waals surface area contributed by atoms with E-state index in [-0.39, 0.29) is 17.4 Å². The van der Waals surface area contributed by atoms with E-state index in [1.807, 2.05) is 29.2 Å². The van der Waals surface area contributed by atoms with E-state index in [0.717, 1.165) is 29.4 Å². The normalized spacial score (nSPS) is 18.9. The van der Waals surface area contributed by atoms with Gasteiger partial charge in [-0.25, -0.2) is 0 Å². The third-order valence-corrected chi connectivity index (χ3v) is 3.91. The molecule has 1 fully saturated rings. The zero-order chi connectivity index (χ0) is 14.1. The number of nitrogens with zero attached hydrogens (tertiary/aromatic N) is 1. The average Bonchev–Trinajstić information content (AvgIpc) is 2.79. The number of benzene rings is 1. The SMILES string of the molecule is NC[C@@H]1CCN(Cc2cccc3[nH]c(=O)ccc23)C1=O. The van der Waals surface area contributed by atoms with E-state index in [1.54, 1.807) is 0 Å². The molecule has 0 radical (unpaired) electrons. The van der Waals surface area contributed by atoms with Gasteiger partial charge < -0.3 is 15.6 Å². The van der Waals surface area contributed by atoms with Gasteiger partial charge in [0.05, 0.1) is 5.92 Å². The number of aromatic amines is 1. The van der Waals surface area contributed by atoms with Crippen molar-refractivity contribution in [1.82, 2.24) is 9.88 Å². The molecular weight excluding hydrogens is 254 g/mol. The molecule has 0 unspecified atom stereocenters. The first kappa shape index (κ1) is 12.9. The van der Waals surface area contributed by atoms with Crippen LogP contribution in [0.1, 0.15) is 12.0 Å². The summed E-state index contributed by atoms with van der Waals surface area (Å²) in [5.41, 5.74) is 7.33. The van der Waals surface area contributed by atoms with Crippen LogP contribution >= 0.6 is 0 Å². The molecule has 2 heterocycles. The Kier molecular flexibility index (Phi) is 3.28. The van der Waals surface area contributed by atoms with Crippen LogP contribution in [0, 0.1) is 5.92 Å². The molecule has 0 bridgehead atoms. The van der Waals surface area contributed by atoms with Gasteiger partial charge in [-0.1, -0.05) is 12.1 Å². The van der Waals surface area contributed by atoms with Crippen molar-refractivity contribution in [2.45, 2.75) is 13.0 Å². The summed E-state index contributed by atoms with van der Waals surface area (Å²) in [7, 11) is 0. The van der Waals surface area contributed by atoms with Gasteiger partial charge in [-0.3, -0.25) is 9.59 Å². The maximum Gasteiger partial charge on any atom is 0.248 e. The number of nitrogens with two attached hydrogens (primary N) is 1. The molecule has 20 heavy (non-hydrogen) atoms. The fourth-order valence-electron chi connectivity index (χ4n) is 2.77. The van der Waals surface area contributed by atoms with Gasteiger partial charge in [0.15, 0.2) is 0 Å². The van der Waals surface area contributed by atoms with E-state index in [0.29, 0.717) is 13.1 Å². The molecule has 1 aromatic carbocycles. The fraction of sp³-hybridized carbons (Fsp3) is 0.333. The smallest absolute Gasteiger partial charge is 0.248 e. The Hall–Kier alpha value is -2.14. The first-order valence-corrected chi connectivity index (χ1v) is 6.79.